The van der Waals surface area contributed by atoms with Gasteiger partial charge in [-0.1, -0.05) is 11.3 Å². The minimum Gasteiger partial charge on any atom is -0.311 e. The predicted molar refractivity (Wildman–Crippen MR) is 76.0 cm³/mol. The fraction of sp³-hybridized carbons (Fsp3) is 0.636. The monoisotopic (exact) mass is 316 g/mol. The third kappa shape index (κ3) is 2.85. The third-order valence-electron chi connectivity index (χ3n) is 3.50. The Hall–Kier alpha value is -1.03. The summed E-state index contributed by atoms with van der Waals surface area (Å²) in [7, 11) is -3.54. The van der Waals surface area contributed by atoms with Crippen LogP contribution in [-0.4, -0.2) is 38.2 Å². The second-order valence-corrected chi connectivity index (χ2v) is 7.92. The molecule has 110 valence electrons. The smallest absolute Gasteiger partial charge is 0.229 e. The summed E-state index contributed by atoms with van der Waals surface area (Å²) in [6.45, 7) is 2.07. The number of primary sulfonamides is 1. The number of hydrogen-bond donors (Lipinski definition) is 2. The second-order valence-electron chi connectivity index (χ2n) is 5.20. The van der Waals surface area contributed by atoms with Crippen molar-refractivity contribution in [3.63, 3.8) is 0 Å². The summed E-state index contributed by atoms with van der Waals surface area (Å²) in [6.07, 6.45) is 1.09. The van der Waals surface area contributed by atoms with Crippen LogP contribution in [0, 0.1) is 5.92 Å². The summed E-state index contributed by atoms with van der Waals surface area (Å²) in [4.78, 5) is 19.3. The van der Waals surface area contributed by atoms with Gasteiger partial charge in [0.1, 0.15) is 0 Å². The summed E-state index contributed by atoms with van der Waals surface area (Å²) in [6, 6.07) is 0. The third-order valence-corrected chi connectivity index (χ3v) is 5.55. The standard InChI is InChI=1S/C11H16N4O3S2/c12-20(17,18)6-7-3-10(16)15(5-7)11-14-8-1-2-13-4-9(8)19-11/h7,13H,1-6H2,(H2,12,17,18). The van der Waals surface area contributed by atoms with E-state index in [0.717, 1.165) is 30.1 Å². The fourth-order valence-electron chi connectivity index (χ4n) is 2.63. The van der Waals surface area contributed by atoms with Gasteiger partial charge >= 0.3 is 0 Å². The van der Waals surface area contributed by atoms with Gasteiger partial charge in [-0.25, -0.2) is 18.5 Å². The first kappa shape index (κ1) is 13.9. The lowest BCUT2D eigenvalue weighted by atomic mass is 10.1. The summed E-state index contributed by atoms with van der Waals surface area (Å²) in [5.74, 6) is -0.462. The number of sulfonamides is 1. The van der Waals surface area contributed by atoms with E-state index in [0.29, 0.717) is 11.7 Å². The molecule has 0 saturated carbocycles. The van der Waals surface area contributed by atoms with Crippen LogP contribution in [0.15, 0.2) is 0 Å². The van der Waals surface area contributed by atoms with Crippen molar-refractivity contribution in [2.45, 2.75) is 19.4 Å². The number of thiazole rings is 1. The number of nitrogens with two attached hydrogens (primary N) is 1. The zero-order valence-corrected chi connectivity index (χ0v) is 12.5. The number of amides is 1. The Morgan fingerprint density at radius 3 is 3.00 bits per heavy atom. The Morgan fingerprint density at radius 1 is 1.50 bits per heavy atom. The normalized spacial score (nSPS) is 23.1. The Balaban J connectivity index is 1.77. The number of carbonyl (C=O) groups is 1. The SMILES string of the molecule is NS(=O)(=O)CC1CC(=O)N(c2nc3c(s2)CNCC3)C1. The molecule has 1 fully saturated rings. The Labute approximate surface area is 121 Å². The molecule has 9 heteroatoms. The highest BCUT2D eigenvalue weighted by molar-refractivity contribution is 7.89. The van der Waals surface area contributed by atoms with Crippen LogP contribution >= 0.6 is 11.3 Å². The van der Waals surface area contributed by atoms with Gasteiger partial charge in [0.25, 0.3) is 0 Å². The van der Waals surface area contributed by atoms with Gasteiger partial charge in [0.2, 0.25) is 15.9 Å². The van der Waals surface area contributed by atoms with E-state index in [1.54, 1.807) is 4.90 Å². The van der Waals surface area contributed by atoms with Crippen molar-refractivity contribution in [1.29, 1.82) is 0 Å². The number of fused-ring (bicyclic) bond motifs is 1. The first-order valence-electron chi connectivity index (χ1n) is 6.42. The van der Waals surface area contributed by atoms with Crippen molar-refractivity contribution in [1.82, 2.24) is 10.3 Å². The molecule has 1 amide bonds. The molecule has 0 aromatic carbocycles. The van der Waals surface area contributed by atoms with Crippen molar-refractivity contribution < 1.29 is 13.2 Å². The fourth-order valence-corrected chi connectivity index (χ4v) is 4.62. The van der Waals surface area contributed by atoms with Crippen molar-refractivity contribution in [3.05, 3.63) is 10.6 Å². The molecule has 20 heavy (non-hydrogen) atoms. The van der Waals surface area contributed by atoms with E-state index in [9.17, 15) is 13.2 Å². The largest absolute Gasteiger partial charge is 0.311 e. The molecule has 3 rings (SSSR count). The molecule has 1 unspecified atom stereocenters. The molecule has 3 N–H and O–H groups in total. The number of aromatic nitrogens is 1. The maximum absolute atomic E-state index is 12.0. The molecule has 0 aliphatic carbocycles. The van der Waals surface area contributed by atoms with Gasteiger partial charge < -0.3 is 5.32 Å². The predicted octanol–water partition coefficient (Wildman–Crippen LogP) is -0.570. The Bertz CT molecular complexity index is 617. The van der Waals surface area contributed by atoms with Crippen LogP contribution < -0.4 is 15.4 Å². The molecule has 1 aromatic heterocycles. The number of anilines is 1. The van der Waals surface area contributed by atoms with Gasteiger partial charge in [-0.05, 0) is 0 Å². The average molecular weight is 316 g/mol. The molecule has 0 bridgehead atoms. The van der Waals surface area contributed by atoms with Gasteiger partial charge in [-0.15, -0.1) is 0 Å². The summed E-state index contributed by atoms with van der Waals surface area (Å²) < 4.78 is 22.2. The van der Waals surface area contributed by atoms with E-state index < -0.39 is 10.0 Å². The molecule has 0 radical (unpaired) electrons. The van der Waals surface area contributed by atoms with Crippen molar-refractivity contribution in [2.75, 3.05) is 23.7 Å². The lowest BCUT2D eigenvalue weighted by Crippen LogP contribution is -2.27. The van der Waals surface area contributed by atoms with E-state index >= 15 is 0 Å². The number of nitrogens with zero attached hydrogens (tertiary/aromatic N) is 2. The molecule has 7 nitrogen and oxygen atoms in total. The van der Waals surface area contributed by atoms with Gasteiger partial charge in [0.05, 0.1) is 11.4 Å². The quantitative estimate of drug-likeness (QED) is 0.777. The molecular formula is C11H16N4O3S2. The van der Waals surface area contributed by atoms with Crippen LogP contribution in [0.3, 0.4) is 0 Å². The second kappa shape index (κ2) is 5.06. The molecule has 2 aliphatic rings. The lowest BCUT2D eigenvalue weighted by Gasteiger charge is -2.12. The summed E-state index contributed by atoms with van der Waals surface area (Å²) in [5, 5.41) is 8.99. The molecule has 0 spiro atoms. The van der Waals surface area contributed by atoms with Crippen LogP contribution in [0.2, 0.25) is 0 Å². The summed E-state index contributed by atoms with van der Waals surface area (Å²) in [5.41, 5.74) is 1.05. The minimum absolute atomic E-state index is 0.0716. The van der Waals surface area contributed by atoms with Gasteiger partial charge in [-0.2, -0.15) is 0 Å². The van der Waals surface area contributed by atoms with Crippen molar-refractivity contribution >= 4 is 32.4 Å². The van der Waals surface area contributed by atoms with Gasteiger partial charge in [-0.3, -0.25) is 9.69 Å². The van der Waals surface area contributed by atoms with Crippen LogP contribution in [0.4, 0.5) is 5.13 Å². The minimum atomic E-state index is -3.54. The van der Waals surface area contributed by atoms with E-state index in [4.69, 9.17) is 5.14 Å². The van der Waals surface area contributed by atoms with Gasteiger partial charge in [0, 0.05) is 43.3 Å². The van der Waals surface area contributed by atoms with E-state index in [-0.39, 0.29) is 24.0 Å². The van der Waals surface area contributed by atoms with E-state index in [2.05, 4.69) is 10.3 Å². The Morgan fingerprint density at radius 2 is 2.30 bits per heavy atom. The molecular weight excluding hydrogens is 300 g/mol. The molecule has 1 aromatic rings. The molecule has 3 heterocycles. The number of rotatable bonds is 3. The highest BCUT2D eigenvalue weighted by Gasteiger charge is 2.34. The van der Waals surface area contributed by atoms with Crippen molar-refractivity contribution in [3.8, 4) is 0 Å². The van der Waals surface area contributed by atoms with E-state index in [1.807, 2.05) is 0 Å². The lowest BCUT2D eigenvalue weighted by molar-refractivity contribution is -0.117. The first-order valence-corrected chi connectivity index (χ1v) is 8.96. The first-order chi connectivity index (χ1) is 9.42. The topological polar surface area (TPSA) is 105 Å². The zero-order chi connectivity index (χ0) is 14.3. The number of nitrogens with one attached hydrogen (secondary N) is 1. The van der Waals surface area contributed by atoms with E-state index in [1.165, 1.54) is 11.3 Å². The molecule has 1 atom stereocenters. The van der Waals surface area contributed by atoms with Crippen LogP contribution in [0.25, 0.3) is 0 Å². The highest BCUT2D eigenvalue weighted by atomic mass is 32.2. The molecule has 1 saturated heterocycles. The molecule has 2 aliphatic heterocycles. The maximum atomic E-state index is 12.0. The van der Waals surface area contributed by atoms with Gasteiger partial charge in [0.15, 0.2) is 5.13 Å². The van der Waals surface area contributed by atoms with Crippen LogP contribution in [0.1, 0.15) is 17.0 Å². The summed E-state index contributed by atoms with van der Waals surface area (Å²) >= 11 is 1.51. The zero-order valence-electron chi connectivity index (χ0n) is 10.8. The maximum Gasteiger partial charge on any atom is 0.229 e. The van der Waals surface area contributed by atoms with Crippen LogP contribution in [-0.2, 0) is 27.8 Å². The van der Waals surface area contributed by atoms with Crippen LogP contribution in [0.5, 0.6) is 0 Å². The average Bonchev–Trinajstić information content (AvgIpc) is 2.90. The number of hydrogen-bond acceptors (Lipinski definition) is 6. The highest BCUT2D eigenvalue weighted by Crippen LogP contribution is 2.32. The van der Waals surface area contributed by atoms with Crippen molar-refractivity contribution in [2.24, 2.45) is 11.1 Å². The number of carbonyl (C=O) groups excluding carboxylic acids is 1. The Kier molecular flexibility index (Phi) is 3.53.